The standard InChI is InChI=1S/C20H36N6O8/c1-15(20(34)21-2)22-16(27)11-23-3-5-24(12-17(28)29)7-9-26(14-19(32)33)10-8-25(6-4-23)13-18(30)31/h15H,3-14H2,1-2H3,(H,21,34)(H,22,27)(H,28,29)(H,30,31)(H,32,33)/t15-/m1/s1. The second-order valence-corrected chi connectivity index (χ2v) is 8.19. The first-order valence-electron chi connectivity index (χ1n) is 11.1. The molecule has 0 saturated carbocycles. The summed E-state index contributed by atoms with van der Waals surface area (Å²) < 4.78 is 0. The van der Waals surface area contributed by atoms with E-state index in [2.05, 4.69) is 10.6 Å². The van der Waals surface area contributed by atoms with E-state index in [0.717, 1.165) is 0 Å². The summed E-state index contributed by atoms with van der Waals surface area (Å²) >= 11 is 0. The summed E-state index contributed by atoms with van der Waals surface area (Å²) in [4.78, 5) is 64.7. The highest BCUT2D eigenvalue weighted by Gasteiger charge is 2.22. The average Bonchev–Trinajstić information content (AvgIpc) is 2.73. The number of carboxylic acids is 3. The molecule has 0 aromatic rings. The van der Waals surface area contributed by atoms with Crippen LogP contribution in [-0.4, -0.2) is 156 Å². The van der Waals surface area contributed by atoms with E-state index in [-0.39, 0.29) is 38.0 Å². The van der Waals surface area contributed by atoms with Gasteiger partial charge >= 0.3 is 17.9 Å². The molecule has 2 amide bonds. The minimum Gasteiger partial charge on any atom is -0.480 e. The van der Waals surface area contributed by atoms with E-state index in [1.807, 2.05) is 0 Å². The number of carbonyl (C=O) groups excluding carboxylic acids is 2. The summed E-state index contributed by atoms with van der Waals surface area (Å²) in [7, 11) is 1.47. The Labute approximate surface area is 198 Å². The fourth-order valence-corrected chi connectivity index (χ4v) is 3.56. The van der Waals surface area contributed by atoms with Gasteiger partial charge in [0.05, 0.1) is 26.2 Å². The van der Waals surface area contributed by atoms with Crippen molar-refractivity contribution < 1.29 is 39.3 Å². The molecular formula is C20H36N6O8. The molecule has 1 rings (SSSR count). The zero-order valence-corrected chi connectivity index (χ0v) is 19.7. The average molecular weight is 489 g/mol. The monoisotopic (exact) mass is 488 g/mol. The zero-order chi connectivity index (χ0) is 25.7. The molecule has 14 heteroatoms. The second kappa shape index (κ2) is 15.2. The minimum absolute atomic E-state index is 0.0473. The fourth-order valence-electron chi connectivity index (χ4n) is 3.56. The molecule has 0 spiro atoms. The summed E-state index contributed by atoms with van der Waals surface area (Å²) in [5, 5.41) is 32.7. The molecule has 0 radical (unpaired) electrons. The molecule has 0 aliphatic carbocycles. The number of likely N-dealkylation sites (N-methyl/N-ethyl adjacent to an activating group) is 1. The normalized spacial score (nSPS) is 18.8. The van der Waals surface area contributed by atoms with Gasteiger partial charge in [0.2, 0.25) is 11.8 Å². The van der Waals surface area contributed by atoms with Gasteiger partial charge in [0.1, 0.15) is 6.04 Å². The molecule has 0 bridgehead atoms. The van der Waals surface area contributed by atoms with Crippen LogP contribution in [0.3, 0.4) is 0 Å². The van der Waals surface area contributed by atoms with Crippen LogP contribution in [0.25, 0.3) is 0 Å². The van der Waals surface area contributed by atoms with Crippen LogP contribution < -0.4 is 10.6 Å². The summed E-state index contributed by atoms with van der Waals surface area (Å²) in [6.45, 7) is 3.26. The molecule has 194 valence electrons. The van der Waals surface area contributed by atoms with Crippen molar-refractivity contribution >= 4 is 29.7 Å². The first-order valence-corrected chi connectivity index (χ1v) is 11.1. The van der Waals surface area contributed by atoms with E-state index in [9.17, 15) is 39.3 Å². The molecule has 0 aromatic heterocycles. The molecule has 1 aliphatic rings. The van der Waals surface area contributed by atoms with Crippen molar-refractivity contribution in [2.45, 2.75) is 13.0 Å². The topological polar surface area (TPSA) is 183 Å². The van der Waals surface area contributed by atoms with E-state index in [1.54, 1.807) is 26.5 Å². The van der Waals surface area contributed by atoms with E-state index >= 15 is 0 Å². The number of carboxylic acid groups (broad SMARTS) is 3. The maximum Gasteiger partial charge on any atom is 0.317 e. The molecule has 1 atom stereocenters. The van der Waals surface area contributed by atoms with Gasteiger partial charge in [-0.1, -0.05) is 0 Å². The number of amides is 2. The van der Waals surface area contributed by atoms with Gasteiger partial charge in [-0.25, -0.2) is 0 Å². The summed E-state index contributed by atoms with van der Waals surface area (Å²) in [5.74, 6) is -3.79. The van der Waals surface area contributed by atoms with Crippen molar-refractivity contribution in [3.63, 3.8) is 0 Å². The Morgan fingerprint density at radius 1 is 0.647 bits per heavy atom. The Bertz CT molecular complexity index is 689. The molecule has 1 fully saturated rings. The number of hydrogen-bond donors (Lipinski definition) is 5. The van der Waals surface area contributed by atoms with Crippen LogP contribution in [-0.2, 0) is 24.0 Å². The highest BCUT2D eigenvalue weighted by molar-refractivity contribution is 5.87. The van der Waals surface area contributed by atoms with Gasteiger partial charge < -0.3 is 26.0 Å². The Morgan fingerprint density at radius 2 is 0.941 bits per heavy atom. The minimum atomic E-state index is -1.02. The van der Waals surface area contributed by atoms with Crippen LogP contribution in [0.15, 0.2) is 0 Å². The molecule has 5 N–H and O–H groups in total. The predicted molar refractivity (Wildman–Crippen MR) is 120 cm³/mol. The predicted octanol–water partition coefficient (Wildman–Crippen LogP) is -3.29. The second-order valence-electron chi connectivity index (χ2n) is 8.19. The quantitative estimate of drug-likeness (QED) is 0.207. The van der Waals surface area contributed by atoms with Crippen molar-refractivity contribution in [2.24, 2.45) is 0 Å². The lowest BCUT2D eigenvalue weighted by Crippen LogP contribution is -2.51. The zero-order valence-electron chi connectivity index (χ0n) is 19.7. The number of nitrogens with one attached hydrogen (secondary N) is 2. The van der Waals surface area contributed by atoms with Crippen molar-refractivity contribution in [3.8, 4) is 0 Å². The van der Waals surface area contributed by atoms with E-state index in [0.29, 0.717) is 52.4 Å². The molecule has 0 aromatic carbocycles. The molecule has 1 saturated heterocycles. The molecule has 0 unspecified atom stereocenters. The highest BCUT2D eigenvalue weighted by atomic mass is 16.4. The number of rotatable bonds is 10. The van der Waals surface area contributed by atoms with Crippen LogP contribution >= 0.6 is 0 Å². The summed E-state index contributed by atoms with van der Waals surface area (Å²) in [6.07, 6.45) is 0. The Balaban J connectivity index is 2.95. The van der Waals surface area contributed by atoms with Gasteiger partial charge in [-0.05, 0) is 6.92 Å². The maximum absolute atomic E-state index is 12.5. The first-order chi connectivity index (χ1) is 16.0. The van der Waals surface area contributed by atoms with E-state index in [4.69, 9.17) is 0 Å². The third-order valence-electron chi connectivity index (χ3n) is 5.39. The van der Waals surface area contributed by atoms with Gasteiger partial charge in [0.15, 0.2) is 0 Å². The van der Waals surface area contributed by atoms with Crippen LogP contribution in [0, 0.1) is 0 Å². The first kappa shape index (κ1) is 29.2. The van der Waals surface area contributed by atoms with Crippen molar-refractivity contribution in [1.82, 2.24) is 30.2 Å². The third kappa shape index (κ3) is 12.4. The Morgan fingerprint density at radius 3 is 1.21 bits per heavy atom. The van der Waals surface area contributed by atoms with Gasteiger partial charge in [-0.3, -0.25) is 43.6 Å². The Hall–Kier alpha value is -2.81. The molecule has 1 heterocycles. The molecular weight excluding hydrogens is 452 g/mol. The number of carbonyl (C=O) groups is 5. The molecule has 1 aliphatic heterocycles. The largest absolute Gasteiger partial charge is 0.480 e. The lowest BCUT2D eigenvalue weighted by atomic mass is 10.3. The third-order valence-corrected chi connectivity index (χ3v) is 5.39. The van der Waals surface area contributed by atoms with Crippen molar-refractivity contribution in [3.05, 3.63) is 0 Å². The fraction of sp³-hybridized carbons (Fsp3) is 0.750. The van der Waals surface area contributed by atoms with Crippen LogP contribution in [0.4, 0.5) is 0 Å². The van der Waals surface area contributed by atoms with E-state index in [1.165, 1.54) is 7.05 Å². The Kier molecular flexibility index (Phi) is 13.0. The van der Waals surface area contributed by atoms with Crippen LogP contribution in [0.2, 0.25) is 0 Å². The van der Waals surface area contributed by atoms with Crippen LogP contribution in [0.1, 0.15) is 6.92 Å². The molecule has 14 nitrogen and oxygen atoms in total. The van der Waals surface area contributed by atoms with Gasteiger partial charge in [-0.15, -0.1) is 0 Å². The maximum atomic E-state index is 12.5. The van der Waals surface area contributed by atoms with Gasteiger partial charge in [-0.2, -0.15) is 0 Å². The van der Waals surface area contributed by atoms with Gasteiger partial charge in [0, 0.05) is 59.4 Å². The smallest absolute Gasteiger partial charge is 0.317 e. The van der Waals surface area contributed by atoms with Gasteiger partial charge in [0.25, 0.3) is 0 Å². The summed E-state index contributed by atoms with van der Waals surface area (Å²) in [6, 6.07) is -0.725. The lowest BCUT2D eigenvalue weighted by Gasteiger charge is -2.33. The number of hydrogen-bond acceptors (Lipinski definition) is 9. The van der Waals surface area contributed by atoms with Crippen molar-refractivity contribution in [2.75, 3.05) is 85.6 Å². The highest BCUT2D eigenvalue weighted by Crippen LogP contribution is 2.01. The number of nitrogens with zero attached hydrogens (tertiary/aromatic N) is 4. The van der Waals surface area contributed by atoms with E-state index < -0.39 is 23.9 Å². The number of aliphatic carboxylic acids is 3. The SMILES string of the molecule is CNC(=O)[C@@H](C)NC(=O)CN1CCN(CC(=O)O)CCN(CC(=O)O)CCN(CC(=O)O)CC1. The lowest BCUT2D eigenvalue weighted by molar-refractivity contribution is -0.140. The van der Waals surface area contributed by atoms with Crippen LogP contribution in [0.5, 0.6) is 0 Å². The molecule has 34 heavy (non-hydrogen) atoms. The summed E-state index contributed by atoms with van der Waals surface area (Å²) in [5.41, 5.74) is 0. The van der Waals surface area contributed by atoms with Crippen molar-refractivity contribution in [1.29, 1.82) is 0 Å².